The van der Waals surface area contributed by atoms with Crippen LogP contribution in [0.5, 0.6) is 0 Å². The van der Waals surface area contributed by atoms with Crippen LogP contribution in [-0.2, 0) is 6.42 Å². The van der Waals surface area contributed by atoms with Gasteiger partial charge in [-0.25, -0.2) is 0 Å². The van der Waals surface area contributed by atoms with Crippen LogP contribution in [0.15, 0.2) is 33.4 Å². The average Bonchev–Trinajstić information content (AvgIpc) is 2.78. The summed E-state index contributed by atoms with van der Waals surface area (Å²) < 4.78 is 5.76. The van der Waals surface area contributed by atoms with Gasteiger partial charge in [-0.3, -0.25) is 4.79 Å². The zero-order valence-corrected chi connectivity index (χ0v) is 12.4. The first-order valence-electron chi connectivity index (χ1n) is 5.97. The van der Waals surface area contributed by atoms with Gasteiger partial charge in [0.15, 0.2) is 10.4 Å². The summed E-state index contributed by atoms with van der Waals surface area (Å²) in [5.74, 6) is -0.00146. The first kappa shape index (κ1) is 13.7. The third-order valence-corrected chi connectivity index (χ3v) is 3.28. The molecule has 1 amide bonds. The number of furan rings is 1. The van der Waals surface area contributed by atoms with E-state index in [0.717, 1.165) is 23.2 Å². The van der Waals surface area contributed by atoms with Crippen LogP contribution in [0.2, 0.25) is 0 Å². The molecule has 0 atom stereocenters. The Hall–Kier alpha value is -1.75. The highest BCUT2D eigenvalue weighted by molar-refractivity contribution is 9.10. The fraction of sp³-hybridized carbons (Fsp3) is 0.214. The molecule has 0 aliphatic heterocycles. The predicted molar refractivity (Wildman–Crippen MR) is 79.3 cm³/mol. The van der Waals surface area contributed by atoms with Gasteiger partial charge >= 0.3 is 0 Å². The van der Waals surface area contributed by atoms with Gasteiger partial charge in [0.25, 0.3) is 5.91 Å². The Morgan fingerprint density at radius 2 is 2.16 bits per heavy atom. The minimum atomic E-state index is -0.270. The van der Waals surface area contributed by atoms with Crippen molar-refractivity contribution < 1.29 is 9.21 Å². The van der Waals surface area contributed by atoms with E-state index >= 15 is 0 Å². The Bertz CT molecular complexity index is 620. The average molecular weight is 323 g/mol. The number of anilines is 2. The Kier molecular flexibility index (Phi) is 3.95. The van der Waals surface area contributed by atoms with Crippen LogP contribution in [-0.4, -0.2) is 5.91 Å². The zero-order valence-electron chi connectivity index (χ0n) is 10.8. The Balaban J connectivity index is 2.31. The molecule has 0 spiro atoms. The molecule has 0 saturated heterocycles. The third-order valence-electron chi connectivity index (χ3n) is 2.86. The number of hydrogen-bond donors (Lipinski definition) is 2. The molecular weight excluding hydrogens is 308 g/mol. The van der Waals surface area contributed by atoms with Gasteiger partial charge in [0.2, 0.25) is 0 Å². The number of benzene rings is 1. The van der Waals surface area contributed by atoms with Crippen molar-refractivity contribution in [3.63, 3.8) is 0 Å². The van der Waals surface area contributed by atoms with Crippen molar-refractivity contribution in [1.82, 2.24) is 0 Å². The van der Waals surface area contributed by atoms with E-state index in [2.05, 4.69) is 21.2 Å². The number of hydrogen-bond acceptors (Lipinski definition) is 3. The molecule has 100 valence electrons. The van der Waals surface area contributed by atoms with Crippen LogP contribution in [0, 0.1) is 6.92 Å². The molecule has 0 unspecified atom stereocenters. The van der Waals surface area contributed by atoms with Gasteiger partial charge in [-0.15, -0.1) is 0 Å². The summed E-state index contributed by atoms with van der Waals surface area (Å²) in [4.78, 5) is 12.1. The van der Waals surface area contributed by atoms with Crippen molar-refractivity contribution in [2.45, 2.75) is 20.3 Å². The van der Waals surface area contributed by atoms with Crippen LogP contribution >= 0.6 is 15.9 Å². The SMILES string of the molecule is CCc1cc(N)cc(C)c1NC(=O)c1ccc(Br)o1. The van der Waals surface area contributed by atoms with Gasteiger partial charge in [0.1, 0.15) is 0 Å². The molecule has 3 N–H and O–H groups in total. The van der Waals surface area contributed by atoms with Gasteiger partial charge in [0, 0.05) is 11.4 Å². The Morgan fingerprint density at radius 1 is 1.42 bits per heavy atom. The molecule has 0 aliphatic rings. The molecule has 1 aromatic carbocycles. The summed E-state index contributed by atoms with van der Waals surface area (Å²) in [6, 6.07) is 7.02. The molecule has 19 heavy (non-hydrogen) atoms. The summed E-state index contributed by atoms with van der Waals surface area (Å²) in [7, 11) is 0. The molecule has 0 radical (unpaired) electrons. The van der Waals surface area contributed by atoms with Crippen LogP contribution in [0.1, 0.15) is 28.6 Å². The normalized spacial score (nSPS) is 10.5. The number of nitrogens with two attached hydrogens (primary N) is 1. The highest BCUT2D eigenvalue weighted by atomic mass is 79.9. The maximum absolute atomic E-state index is 12.1. The highest BCUT2D eigenvalue weighted by Gasteiger charge is 2.14. The minimum Gasteiger partial charge on any atom is -0.444 e. The molecule has 0 aliphatic carbocycles. The lowest BCUT2D eigenvalue weighted by molar-refractivity contribution is 0.0995. The van der Waals surface area contributed by atoms with E-state index in [4.69, 9.17) is 10.2 Å². The quantitative estimate of drug-likeness (QED) is 0.845. The van der Waals surface area contributed by atoms with E-state index in [0.29, 0.717) is 10.4 Å². The van der Waals surface area contributed by atoms with Gasteiger partial charge < -0.3 is 15.5 Å². The number of rotatable bonds is 3. The molecule has 1 aromatic heterocycles. The standard InChI is InChI=1S/C14H15BrN2O2/c1-3-9-7-10(16)6-8(2)13(9)17-14(18)11-4-5-12(15)19-11/h4-7H,3,16H2,1-2H3,(H,17,18). The van der Waals surface area contributed by atoms with Crippen molar-refractivity contribution in [1.29, 1.82) is 0 Å². The predicted octanol–water partition coefficient (Wildman–Crippen LogP) is 3.75. The lowest BCUT2D eigenvalue weighted by Gasteiger charge is -2.13. The molecule has 4 nitrogen and oxygen atoms in total. The summed E-state index contributed by atoms with van der Waals surface area (Å²) in [6.07, 6.45) is 0.795. The Labute approximate surface area is 120 Å². The summed E-state index contributed by atoms with van der Waals surface area (Å²) >= 11 is 3.17. The minimum absolute atomic E-state index is 0.269. The smallest absolute Gasteiger partial charge is 0.291 e. The summed E-state index contributed by atoms with van der Waals surface area (Å²) in [6.45, 7) is 3.94. The van der Waals surface area contributed by atoms with Crippen molar-refractivity contribution in [2.24, 2.45) is 0 Å². The van der Waals surface area contributed by atoms with Crippen molar-refractivity contribution in [2.75, 3.05) is 11.1 Å². The van der Waals surface area contributed by atoms with E-state index in [9.17, 15) is 4.79 Å². The number of aryl methyl sites for hydroxylation is 2. The number of carbonyl (C=O) groups is 1. The molecule has 5 heteroatoms. The number of amides is 1. The molecular formula is C14H15BrN2O2. The van der Waals surface area contributed by atoms with Crippen molar-refractivity contribution in [3.05, 3.63) is 45.8 Å². The van der Waals surface area contributed by atoms with Gasteiger partial charge in [-0.05, 0) is 64.7 Å². The molecule has 0 saturated carbocycles. The molecule has 2 aromatic rings. The molecule has 1 heterocycles. The first-order valence-corrected chi connectivity index (χ1v) is 6.76. The summed E-state index contributed by atoms with van der Waals surface area (Å²) in [5, 5.41) is 2.88. The van der Waals surface area contributed by atoms with Crippen LogP contribution in [0.3, 0.4) is 0 Å². The second kappa shape index (κ2) is 5.48. The first-order chi connectivity index (χ1) is 9.01. The monoisotopic (exact) mass is 322 g/mol. The maximum atomic E-state index is 12.1. The van der Waals surface area contributed by atoms with Gasteiger partial charge in [0.05, 0.1) is 0 Å². The van der Waals surface area contributed by atoms with E-state index in [1.807, 2.05) is 26.0 Å². The number of nitrogens with one attached hydrogen (secondary N) is 1. The molecule has 0 fully saturated rings. The molecule has 0 bridgehead atoms. The highest BCUT2D eigenvalue weighted by Crippen LogP contribution is 2.25. The lowest BCUT2D eigenvalue weighted by Crippen LogP contribution is -2.13. The van der Waals surface area contributed by atoms with Crippen molar-refractivity contribution in [3.8, 4) is 0 Å². The van der Waals surface area contributed by atoms with Crippen LogP contribution < -0.4 is 11.1 Å². The third kappa shape index (κ3) is 2.98. The largest absolute Gasteiger partial charge is 0.444 e. The lowest BCUT2D eigenvalue weighted by atomic mass is 10.0. The second-order valence-corrected chi connectivity index (χ2v) is 5.06. The van der Waals surface area contributed by atoms with E-state index in [1.54, 1.807) is 12.1 Å². The van der Waals surface area contributed by atoms with Crippen LogP contribution in [0.4, 0.5) is 11.4 Å². The molecule has 2 rings (SSSR count). The Morgan fingerprint density at radius 3 is 2.74 bits per heavy atom. The van der Waals surface area contributed by atoms with Crippen molar-refractivity contribution >= 4 is 33.2 Å². The number of halogens is 1. The second-order valence-electron chi connectivity index (χ2n) is 4.28. The van der Waals surface area contributed by atoms with Gasteiger partial charge in [-0.2, -0.15) is 0 Å². The summed E-state index contributed by atoms with van der Waals surface area (Å²) in [5.41, 5.74) is 9.27. The fourth-order valence-electron chi connectivity index (χ4n) is 1.96. The number of carbonyl (C=O) groups excluding carboxylic acids is 1. The fourth-order valence-corrected chi connectivity index (χ4v) is 2.27. The van der Waals surface area contributed by atoms with Crippen LogP contribution in [0.25, 0.3) is 0 Å². The van der Waals surface area contributed by atoms with E-state index < -0.39 is 0 Å². The van der Waals surface area contributed by atoms with E-state index in [-0.39, 0.29) is 11.7 Å². The van der Waals surface area contributed by atoms with E-state index in [1.165, 1.54) is 0 Å². The zero-order chi connectivity index (χ0) is 14.0. The number of nitrogen functional groups attached to an aromatic ring is 1. The van der Waals surface area contributed by atoms with Gasteiger partial charge in [-0.1, -0.05) is 6.92 Å². The topological polar surface area (TPSA) is 68.3 Å². The maximum Gasteiger partial charge on any atom is 0.291 e.